The van der Waals surface area contributed by atoms with E-state index < -0.39 is 0 Å². The minimum Gasteiger partial charge on any atom is -0.398 e. The van der Waals surface area contributed by atoms with E-state index in [9.17, 15) is 4.79 Å². The van der Waals surface area contributed by atoms with Crippen molar-refractivity contribution in [1.82, 2.24) is 4.90 Å². The Balaban J connectivity index is 1.91. The summed E-state index contributed by atoms with van der Waals surface area (Å²) in [5, 5.41) is 4.95. The van der Waals surface area contributed by atoms with Crippen LogP contribution in [0, 0.1) is 6.92 Å². The monoisotopic (exact) mass is 303 g/mol. The van der Waals surface area contributed by atoms with Gasteiger partial charge >= 0.3 is 0 Å². The number of nitrogens with two attached hydrogens (primary N) is 1. The highest BCUT2D eigenvalue weighted by molar-refractivity contribution is 7.09. The van der Waals surface area contributed by atoms with Crippen LogP contribution in [0.5, 0.6) is 0 Å². The fourth-order valence-corrected chi connectivity index (χ4v) is 2.77. The molecule has 0 spiro atoms. The molecule has 0 saturated carbocycles. The number of hydrogen-bond donors (Lipinski definition) is 2. The van der Waals surface area contributed by atoms with Crippen LogP contribution in [-0.4, -0.2) is 23.9 Å². The molecule has 112 valence electrons. The predicted octanol–water partition coefficient (Wildman–Crippen LogP) is 3.10. The van der Waals surface area contributed by atoms with Crippen LogP contribution in [0.4, 0.5) is 11.4 Å². The van der Waals surface area contributed by atoms with Gasteiger partial charge in [0.15, 0.2) is 0 Å². The molecule has 21 heavy (non-hydrogen) atoms. The Kier molecular flexibility index (Phi) is 5.36. The van der Waals surface area contributed by atoms with E-state index in [0.717, 1.165) is 24.3 Å². The third kappa shape index (κ3) is 4.58. The van der Waals surface area contributed by atoms with Gasteiger partial charge in [-0.2, -0.15) is 0 Å². The van der Waals surface area contributed by atoms with E-state index in [0.29, 0.717) is 12.2 Å². The molecule has 0 aliphatic carbocycles. The molecule has 0 aliphatic heterocycles. The molecule has 0 aliphatic rings. The number of hydrogen-bond acceptors (Lipinski definition) is 4. The van der Waals surface area contributed by atoms with Gasteiger partial charge in [0.25, 0.3) is 0 Å². The van der Waals surface area contributed by atoms with E-state index in [-0.39, 0.29) is 5.91 Å². The van der Waals surface area contributed by atoms with E-state index in [4.69, 9.17) is 5.73 Å². The first-order valence-corrected chi connectivity index (χ1v) is 7.87. The number of rotatable bonds is 6. The second-order valence-corrected chi connectivity index (χ2v) is 6.03. The largest absolute Gasteiger partial charge is 0.398 e. The van der Waals surface area contributed by atoms with Crippen molar-refractivity contribution in [2.45, 2.75) is 20.4 Å². The summed E-state index contributed by atoms with van der Waals surface area (Å²) in [5.74, 6) is -0.0170. The van der Waals surface area contributed by atoms with E-state index in [1.165, 1.54) is 4.88 Å². The molecule has 1 aromatic carbocycles. The Hall–Kier alpha value is -1.85. The molecule has 2 rings (SSSR count). The summed E-state index contributed by atoms with van der Waals surface area (Å²) < 4.78 is 0. The Labute approximate surface area is 129 Å². The van der Waals surface area contributed by atoms with Gasteiger partial charge in [0.05, 0.1) is 6.54 Å². The Morgan fingerprint density at radius 3 is 2.81 bits per heavy atom. The summed E-state index contributed by atoms with van der Waals surface area (Å²) >= 11 is 1.71. The number of carbonyl (C=O) groups is 1. The average Bonchev–Trinajstić information content (AvgIpc) is 2.95. The van der Waals surface area contributed by atoms with Crippen LogP contribution < -0.4 is 11.1 Å². The molecular weight excluding hydrogens is 282 g/mol. The number of nitrogens with one attached hydrogen (secondary N) is 1. The first-order chi connectivity index (χ1) is 10.1. The normalized spacial score (nSPS) is 10.8. The fourth-order valence-electron chi connectivity index (χ4n) is 2.02. The van der Waals surface area contributed by atoms with Gasteiger partial charge in [0, 0.05) is 22.8 Å². The number of likely N-dealkylation sites (N-methyl/N-ethyl adjacent to an activating group) is 1. The topological polar surface area (TPSA) is 58.4 Å². The molecule has 4 nitrogen and oxygen atoms in total. The summed E-state index contributed by atoms with van der Waals surface area (Å²) in [6.45, 7) is 6.02. The van der Waals surface area contributed by atoms with Crippen LogP contribution >= 0.6 is 11.3 Å². The van der Waals surface area contributed by atoms with Gasteiger partial charge in [-0.15, -0.1) is 11.3 Å². The molecule has 0 radical (unpaired) electrons. The lowest BCUT2D eigenvalue weighted by molar-refractivity contribution is -0.117. The summed E-state index contributed by atoms with van der Waals surface area (Å²) in [6.07, 6.45) is 0. The maximum absolute atomic E-state index is 12.1. The van der Waals surface area contributed by atoms with Crippen LogP contribution in [0.3, 0.4) is 0 Å². The number of aryl methyl sites for hydroxylation is 1. The van der Waals surface area contributed by atoms with Gasteiger partial charge < -0.3 is 11.1 Å². The number of benzene rings is 1. The lowest BCUT2D eigenvalue weighted by atomic mass is 10.2. The zero-order valence-corrected chi connectivity index (χ0v) is 13.2. The summed E-state index contributed by atoms with van der Waals surface area (Å²) in [7, 11) is 0. The third-order valence-corrected chi connectivity index (χ3v) is 4.20. The highest BCUT2D eigenvalue weighted by Gasteiger charge is 2.10. The summed E-state index contributed by atoms with van der Waals surface area (Å²) in [4.78, 5) is 15.5. The Morgan fingerprint density at radius 1 is 1.38 bits per heavy atom. The molecular formula is C16H21N3OS. The third-order valence-electron chi connectivity index (χ3n) is 3.34. The predicted molar refractivity (Wildman–Crippen MR) is 89.5 cm³/mol. The first kappa shape index (κ1) is 15.5. The molecule has 0 fully saturated rings. The number of carbonyl (C=O) groups excluding carboxylic acids is 1. The van der Waals surface area contributed by atoms with Gasteiger partial charge in [0.1, 0.15) is 0 Å². The molecule has 5 heteroatoms. The van der Waals surface area contributed by atoms with Crippen molar-refractivity contribution >= 4 is 28.6 Å². The van der Waals surface area contributed by atoms with Crippen LogP contribution in [0.15, 0.2) is 35.7 Å². The molecule has 1 amide bonds. The van der Waals surface area contributed by atoms with Gasteiger partial charge in [-0.3, -0.25) is 9.69 Å². The van der Waals surface area contributed by atoms with Crippen molar-refractivity contribution in [1.29, 1.82) is 0 Å². The summed E-state index contributed by atoms with van der Waals surface area (Å²) in [6, 6.07) is 9.70. The molecule has 0 saturated heterocycles. The van der Waals surface area contributed by atoms with Crippen LogP contribution in [0.2, 0.25) is 0 Å². The Morgan fingerprint density at radius 2 is 2.19 bits per heavy atom. The van der Waals surface area contributed by atoms with Gasteiger partial charge in [-0.05, 0) is 42.6 Å². The number of nitrogen functional groups attached to an aromatic ring is 1. The Bertz CT molecular complexity index is 596. The van der Waals surface area contributed by atoms with E-state index in [1.807, 2.05) is 25.1 Å². The van der Waals surface area contributed by atoms with Crippen molar-refractivity contribution in [3.05, 3.63) is 46.2 Å². The molecule has 3 N–H and O–H groups in total. The average molecular weight is 303 g/mol. The number of amides is 1. The molecule has 0 unspecified atom stereocenters. The molecule has 0 atom stereocenters. The number of nitrogens with zero attached hydrogens (tertiary/aromatic N) is 1. The molecule has 2 aromatic rings. The van der Waals surface area contributed by atoms with Crippen LogP contribution in [-0.2, 0) is 11.3 Å². The first-order valence-electron chi connectivity index (χ1n) is 6.99. The van der Waals surface area contributed by atoms with Crippen LogP contribution in [0.1, 0.15) is 17.4 Å². The minimum atomic E-state index is -0.0170. The maximum atomic E-state index is 12.1. The second-order valence-electron chi connectivity index (χ2n) is 5.00. The van der Waals surface area contributed by atoms with E-state index in [2.05, 4.69) is 28.6 Å². The van der Waals surface area contributed by atoms with Crippen molar-refractivity contribution in [3.8, 4) is 0 Å². The standard InChI is InChI=1S/C16H21N3OS/c1-3-19(10-14-5-4-8-21-14)11-16(20)18-13-7-6-12(2)15(17)9-13/h4-9H,3,10-11,17H2,1-2H3,(H,18,20). The van der Waals surface area contributed by atoms with Gasteiger partial charge in [-0.25, -0.2) is 0 Å². The zero-order chi connectivity index (χ0) is 15.2. The maximum Gasteiger partial charge on any atom is 0.238 e. The smallest absolute Gasteiger partial charge is 0.238 e. The lowest BCUT2D eigenvalue weighted by Gasteiger charge is -2.19. The quantitative estimate of drug-likeness (QED) is 0.806. The van der Waals surface area contributed by atoms with E-state index >= 15 is 0 Å². The van der Waals surface area contributed by atoms with Gasteiger partial charge in [-0.1, -0.05) is 19.1 Å². The van der Waals surface area contributed by atoms with Crippen LogP contribution in [0.25, 0.3) is 0 Å². The van der Waals surface area contributed by atoms with Crippen molar-refractivity contribution in [3.63, 3.8) is 0 Å². The fraction of sp³-hybridized carbons (Fsp3) is 0.312. The summed E-state index contributed by atoms with van der Waals surface area (Å²) in [5.41, 5.74) is 8.31. The minimum absolute atomic E-state index is 0.0170. The van der Waals surface area contributed by atoms with Crippen molar-refractivity contribution in [2.75, 3.05) is 24.1 Å². The molecule has 1 heterocycles. The molecule has 0 bridgehead atoms. The number of thiophene rings is 1. The van der Waals surface area contributed by atoms with Gasteiger partial charge in [0.2, 0.25) is 5.91 Å². The lowest BCUT2D eigenvalue weighted by Crippen LogP contribution is -2.32. The van der Waals surface area contributed by atoms with E-state index in [1.54, 1.807) is 17.4 Å². The van der Waals surface area contributed by atoms with Crippen molar-refractivity contribution in [2.24, 2.45) is 0 Å². The number of anilines is 2. The molecule has 1 aromatic heterocycles. The SMILES string of the molecule is CCN(CC(=O)Nc1ccc(C)c(N)c1)Cc1cccs1. The van der Waals surface area contributed by atoms with Crippen molar-refractivity contribution < 1.29 is 4.79 Å². The highest BCUT2D eigenvalue weighted by Crippen LogP contribution is 2.17. The highest BCUT2D eigenvalue weighted by atomic mass is 32.1. The zero-order valence-electron chi connectivity index (χ0n) is 12.4. The second kappa shape index (κ2) is 7.24.